The van der Waals surface area contributed by atoms with Crippen molar-refractivity contribution in [2.45, 2.75) is 32.1 Å². The van der Waals surface area contributed by atoms with Crippen LogP contribution in [0.5, 0.6) is 0 Å². The zero-order chi connectivity index (χ0) is 13.6. The molecule has 18 heavy (non-hydrogen) atoms. The monoisotopic (exact) mass is 268 g/mol. The highest BCUT2D eigenvalue weighted by molar-refractivity contribution is 7.89. The molecule has 1 aliphatic heterocycles. The predicted molar refractivity (Wildman–Crippen MR) is 72.7 cm³/mol. The fraction of sp³-hybridized carbons (Fsp3) is 0.538. The smallest absolute Gasteiger partial charge is 0.243 e. The van der Waals surface area contributed by atoms with Gasteiger partial charge in [-0.3, -0.25) is 0 Å². The van der Waals surface area contributed by atoms with Crippen LogP contribution in [-0.2, 0) is 10.0 Å². The van der Waals surface area contributed by atoms with Gasteiger partial charge in [-0.25, -0.2) is 8.42 Å². The standard InChI is InChI=1S/C13H20N2O2S/c1-10-11(14)5-4-6-12(10)18(16,17)15-8-7-13(2,3)9-15/h4-6H,7-9,14H2,1-3H3. The highest BCUT2D eigenvalue weighted by atomic mass is 32.2. The molecule has 1 aliphatic rings. The van der Waals surface area contributed by atoms with E-state index in [0.717, 1.165) is 6.42 Å². The maximum atomic E-state index is 12.6. The molecule has 0 aliphatic carbocycles. The fourth-order valence-electron chi connectivity index (χ4n) is 2.32. The average molecular weight is 268 g/mol. The molecule has 1 fully saturated rings. The van der Waals surface area contributed by atoms with Gasteiger partial charge in [0.1, 0.15) is 0 Å². The Morgan fingerprint density at radius 1 is 1.33 bits per heavy atom. The van der Waals surface area contributed by atoms with E-state index in [2.05, 4.69) is 13.8 Å². The fourth-order valence-corrected chi connectivity index (χ4v) is 4.20. The highest BCUT2D eigenvalue weighted by Crippen LogP contribution is 2.34. The number of hydrogen-bond donors (Lipinski definition) is 1. The Balaban J connectivity index is 2.41. The SMILES string of the molecule is Cc1c(N)cccc1S(=O)(=O)N1CCC(C)(C)C1. The lowest BCUT2D eigenvalue weighted by Gasteiger charge is -2.21. The Morgan fingerprint density at radius 3 is 2.56 bits per heavy atom. The lowest BCUT2D eigenvalue weighted by molar-refractivity contribution is 0.375. The molecule has 100 valence electrons. The van der Waals surface area contributed by atoms with Crippen LogP contribution in [0.1, 0.15) is 25.8 Å². The average Bonchev–Trinajstić information content (AvgIpc) is 2.63. The molecular weight excluding hydrogens is 248 g/mol. The minimum absolute atomic E-state index is 0.0568. The second kappa shape index (κ2) is 4.24. The molecule has 0 aromatic heterocycles. The normalized spacial score (nSPS) is 20.2. The highest BCUT2D eigenvalue weighted by Gasteiger charge is 2.37. The summed E-state index contributed by atoms with van der Waals surface area (Å²) < 4.78 is 26.7. The van der Waals surface area contributed by atoms with Gasteiger partial charge in [-0.05, 0) is 36.5 Å². The molecule has 0 unspecified atom stereocenters. The summed E-state index contributed by atoms with van der Waals surface area (Å²) >= 11 is 0. The van der Waals surface area contributed by atoms with Crippen LogP contribution < -0.4 is 5.73 Å². The lowest BCUT2D eigenvalue weighted by atomic mass is 9.93. The quantitative estimate of drug-likeness (QED) is 0.834. The first-order valence-electron chi connectivity index (χ1n) is 6.09. The molecule has 1 saturated heterocycles. The van der Waals surface area contributed by atoms with Crippen molar-refractivity contribution in [3.8, 4) is 0 Å². The van der Waals surface area contributed by atoms with Gasteiger partial charge in [-0.2, -0.15) is 4.31 Å². The van der Waals surface area contributed by atoms with Crippen LogP contribution in [-0.4, -0.2) is 25.8 Å². The van der Waals surface area contributed by atoms with Crippen molar-refractivity contribution in [3.63, 3.8) is 0 Å². The van der Waals surface area contributed by atoms with Gasteiger partial charge in [0.05, 0.1) is 4.90 Å². The van der Waals surface area contributed by atoms with Gasteiger partial charge in [-0.15, -0.1) is 0 Å². The molecule has 4 nitrogen and oxygen atoms in total. The van der Waals surface area contributed by atoms with Crippen LogP contribution >= 0.6 is 0 Å². The molecule has 1 aromatic rings. The molecule has 0 spiro atoms. The summed E-state index contributed by atoms with van der Waals surface area (Å²) in [4.78, 5) is 0.334. The minimum atomic E-state index is -3.41. The topological polar surface area (TPSA) is 63.4 Å². The second-order valence-electron chi connectivity index (χ2n) is 5.72. The summed E-state index contributed by atoms with van der Waals surface area (Å²) in [6, 6.07) is 5.05. The maximum Gasteiger partial charge on any atom is 0.243 e. The summed E-state index contributed by atoms with van der Waals surface area (Å²) in [7, 11) is -3.41. The summed E-state index contributed by atoms with van der Waals surface area (Å²) in [5.74, 6) is 0. The van der Waals surface area contributed by atoms with Crippen LogP contribution in [0.25, 0.3) is 0 Å². The first-order valence-corrected chi connectivity index (χ1v) is 7.53. The maximum absolute atomic E-state index is 12.6. The van der Waals surface area contributed by atoms with Crippen molar-refractivity contribution in [2.75, 3.05) is 18.8 Å². The van der Waals surface area contributed by atoms with E-state index in [1.54, 1.807) is 29.4 Å². The van der Waals surface area contributed by atoms with E-state index in [1.165, 1.54) is 0 Å². The number of nitrogens with zero attached hydrogens (tertiary/aromatic N) is 1. The van der Waals surface area contributed by atoms with E-state index in [4.69, 9.17) is 5.73 Å². The summed E-state index contributed by atoms with van der Waals surface area (Å²) in [5, 5.41) is 0. The number of anilines is 1. The third-order valence-electron chi connectivity index (χ3n) is 3.59. The molecule has 0 radical (unpaired) electrons. The van der Waals surface area contributed by atoms with Gasteiger partial charge in [0.15, 0.2) is 0 Å². The Kier molecular flexibility index (Phi) is 3.15. The van der Waals surface area contributed by atoms with Gasteiger partial charge in [0.25, 0.3) is 0 Å². The van der Waals surface area contributed by atoms with Crippen LogP contribution in [0.4, 0.5) is 5.69 Å². The molecule has 2 N–H and O–H groups in total. The Hall–Kier alpha value is -1.07. The van der Waals surface area contributed by atoms with E-state index in [-0.39, 0.29) is 5.41 Å². The Labute approximate surface area is 109 Å². The number of nitrogens with two attached hydrogens (primary N) is 1. The van der Waals surface area contributed by atoms with Crippen molar-refractivity contribution >= 4 is 15.7 Å². The van der Waals surface area contributed by atoms with Gasteiger partial charge in [0.2, 0.25) is 10.0 Å². The summed E-state index contributed by atoms with van der Waals surface area (Å²) in [6.07, 6.45) is 0.896. The van der Waals surface area contributed by atoms with E-state index >= 15 is 0 Å². The molecule has 1 heterocycles. The Bertz CT molecular complexity index is 564. The minimum Gasteiger partial charge on any atom is -0.398 e. The summed E-state index contributed by atoms with van der Waals surface area (Å²) in [6.45, 7) is 7.10. The molecule has 2 rings (SSSR count). The molecule has 5 heteroatoms. The van der Waals surface area contributed by atoms with Gasteiger partial charge in [-0.1, -0.05) is 19.9 Å². The van der Waals surface area contributed by atoms with Gasteiger partial charge in [0, 0.05) is 18.8 Å². The van der Waals surface area contributed by atoms with Crippen LogP contribution in [0.15, 0.2) is 23.1 Å². The zero-order valence-electron chi connectivity index (χ0n) is 11.1. The molecule has 0 amide bonds. The number of sulfonamides is 1. The number of benzene rings is 1. The van der Waals surface area contributed by atoms with E-state index in [9.17, 15) is 8.42 Å². The van der Waals surface area contributed by atoms with Crippen molar-refractivity contribution < 1.29 is 8.42 Å². The first kappa shape index (κ1) is 13.4. The largest absolute Gasteiger partial charge is 0.398 e. The van der Waals surface area contributed by atoms with Crippen LogP contribution in [0.3, 0.4) is 0 Å². The summed E-state index contributed by atoms with van der Waals surface area (Å²) in [5.41, 5.74) is 7.01. The van der Waals surface area contributed by atoms with E-state index in [0.29, 0.717) is 29.2 Å². The van der Waals surface area contributed by atoms with Crippen molar-refractivity contribution in [2.24, 2.45) is 5.41 Å². The Morgan fingerprint density at radius 2 is 2.00 bits per heavy atom. The first-order chi connectivity index (χ1) is 8.24. The molecular formula is C13H20N2O2S. The van der Waals surface area contributed by atoms with Gasteiger partial charge < -0.3 is 5.73 Å². The molecule has 0 bridgehead atoms. The molecule has 0 saturated carbocycles. The van der Waals surface area contributed by atoms with Crippen molar-refractivity contribution in [1.82, 2.24) is 4.31 Å². The van der Waals surface area contributed by atoms with Gasteiger partial charge >= 0.3 is 0 Å². The molecule has 1 aromatic carbocycles. The lowest BCUT2D eigenvalue weighted by Crippen LogP contribution is -2.31. The predicted octanol–water partition coefficient (Wildman–Crippen LogP) is 2.00. The number of rotatable bonds is 2. The third kappa shape index (κ3) is 2.24. The van der Waals surface area contributed by atoms with E-state index in [1.807, 2.05) is 0 Å². The van der Waals surface area contributed by atoms with Crippen LogP contribution in [0, 0.1) is 12.3 Å². The number of nitrogen functional groups attached to an aromatic ring is 1. The zero-order valence-corrected chi connectivity index (χ0v) is 11.9. The molecule has 0 atom stereocenters. The van der Waals surface area contributed by atoms with Crippen molar-refractivity contribution in [3.05, 3.63) is 23.8 Å². The van der Waals surface area contributed by atoms with Crippen LogP contribution in [0.2, 0.25) is 0 Å². The second-order valence-corrected chi connectivity index (χ2v) is 7.63. The van der Waals surface area contributed by atoms with Crippen molar-refractivity contribution in [1.29, 1.82) is 0 Å². The third-order valence-corrected chi connectivity index (χ3v) is 5.58. The van der Waals surface area contributed by atoms with E-state index < -0.39 is 10.0 Å². The number of hydrogen-bond acceptors (Lipinski definition) is 3.